The van der Waals surface area contributed by atoms with Gasteiger partial charge in [-0.2, -0.15) is 0 Å². The first kappa shape index (κ1) is 24.8. The van der Waals surface area contributed by atoms with Crippen molar-refractivity contribution >= 4 is 11.9 Å². The van der Waals surface area contributed by atoms with E-state index in [2.05, 4.69) is 31.4 Å². The number of carbonyl (C=O) groups is 1. The second-order valence-electron chi connectivity index (χ2n) is 7.90. The minimum atomic E-state index is 0.169. The Kier molecular flexibility index (Phi) is 11.0. The molecule has 0 unspecified atom stereocenters. The molecule has 7 heteroatoms. The van der Waals surface area contributed by atoms with Crippen molar-refractivity contribution in [1.29, 1.82) is 0 Å². The first-order valence-corrected chi connectivity index (χ1v) is 11.7. The Bertz CT molecular complexity index is 683. The maximum atomic E-state index is 12.6. The van der Waals surface area contributed by atoms with Crippen molar-refractivity contribution in [2.24, 2.45) is 10.9 Å². The molecule has 0 spiro atoms. The number of hydrogen-bond donors (Lipinski definition) is 2. The molecule has 1 aliphatic heterocycles. The van der Waals surface area contributed by atoms with Crippen molar-refractivity contribution in [2.45, 2.75) is 58.9 Å². The summed E-state index contributed by atoms with van der Waals surface area (Å²) >= 11 is 0. The topological polar surface area (TPSA) is 75.2 Å². The second kappa shape index (κ2) is 13.8. The monoisotopic (exact) mass is 432 g/mol. The highest BCUT2D eigenvalue weighted by atomic mass is 16.5. The Labute approximate surface area is 187 Å². The number of carbonyl (C=O) groups excluding carboxylic acids is 1. The maximum Gasteiger partial charge on any atom is 0.225 e. The van der Waals surface area contributed by atoms with E-state index in [0.717, 1.165) is 69.2 Å². The molecule has 174 valence electrons. The molecule has 1 aromatic rings. The summed E-state index contributed by atoms with van der Waals surface area (Å²) in [5.41, 5.74) is 0. The predicted octanol–water partition coefficient (Wildman–Crippen LogP) is 3.45. The summed E-state index contributed by atoms with van der Waals surface area (Å²) < 4.78 is 11.0. The van der Waals surface area contributed by atoms with Crippen molar-refractivity contribution < 1.29 is 14.3 Å². The van der Waals surface area contributed by atoms with Gasteiger partial charge in [-0.15, -0.1) is 0 Å². The van der Waals surface area contributed by atoms with E-state index in [0.29, 0.717) is 25.1 Å². The molecule has 0 bridgehead atoms. The van der Waals surface area contributed by atoms with Crippen LogP contribution in [-0.2, 0) is 4.79 Å². The Morgan fingerprint density at radius 2 is 1.90 bits per heavy atom. The number of methoxy groups -OCH3 is 1. The van der Waals surface area contributed by atoms with E-state index in [1.807, 2.05) is 29.2 Å². The number of likely N-dealkylation sites (tertiary alicyclic amines) is 1. The van der Waals surface area contributed by atoms with Gasteiger partial charge >= 0.3 is 0 Å². The number of aliphatic imine (C=N–C) groups is 1. The van der Waals surface area contributed by atoms with Crippen LogP contribution in [0.15, 0.2) is 29.3 Å². The van der Waals surface area contributed by atoms with Gasteiger partial charge in [-0.05, 0) is 44.7 Å². The van der Waals surface area contributed by atoms with Gasteiger partial charge in [0, 0.05) is 50.6 Å². The molecular weight excluding hydrogens is 392 g/mol. The fourth-order valence-corrected chi connectivity index (χ4v) is 3.79. The lowest BCUT2D eigenvalue weighted by molar-refractivity contribution is -0.136. The molecular formula is C24H40N4O3. The second-order valence-corrected chi connectivity index (χ2v) is 7.90. The highest BCUT2D eigenvalue weighted by Gasteiger charge is 2.26. The number of amides is 1. The summed E-state index contributed by atoms with van der Waals surface area (Å²) in [6, 6.07) is 7.98. The van der Waals surface area contributed by atoms with E-state index in [4.69, 9.17) is 14.5 Å². The zero-order valence-electron chi connectivity index (χ0n) is 19.7. The average Bonchev–Trinajstić information content (AvgIpc) is 2.80. The lowest BCUT2D eigenvalue weighted by atomic mass is 9.98. The molecule has 1 aliphatic rings. The number of nitrogens with zero attached hydrogens (tertiary/aromatic N) is 2. The molecule has 1 aromatic carbocycles. The lowest BCUT2D eigenvalue weighted by Crippen LogP contribution is -2.50. The lowest BCUT2D eigenvalue weighted by Gasteiger charge is -2.34. The Balaban J connectivity index is 1.74. The minimum Gasteiger partial charge on any atom is -0.497 e. The zero-order chi connectivity index (χ0) is 22.5. The van der Waals surface area contributed by atoms with Gasteiger partial charge in [0.05, 0.1) is 13.7 Å². The van der Waals surface area contributed by atoms with Crippen molar-refractivity contribution in [3.05, 3.63) is 24.3 Å². The highest BCUT2D eigenvalue weighted by molar-refractivity contribution is 5.80. The standard InChI is InChI=1S/C24H40N4O3/c1-5-19(6-2)23(29)28-15-12-20(13-16-28)27-24(25-7-3)26-14-9-17-31-22-11-8-10-21(18-22)30-4/h8,10-11,18-20H,5-7,9,12-17H2,1-4H3,(H2,25,26,27). The fourth-order valence-electron chi connectivity index (χ4n) is 3.79. The number of rotatable bonds is 11. The molecule has 1 fully saturated rings. The fraction of sp³-hybridized carbons (Fsp3) is 0.667. The predicted molar refractivity (Wildman–Crippen MR) is 126 cm³/mol. The third-order valence-corrected chi connectivity index (χ3v) is 5.71. The molecule has 7 nitrogen and oxygen atoms in total. The first-order valence-electron chi connectivity index (χ1n) is 11.7. The van der Waals surface area contributed by atoms with Crippen LogP contribution in [0.2, 0.25) is 0 Å². The van der Waals surface area contributed by atoms with Crippen LogP contribution in [0.4, 0.5) is 0 Å². The molecule has 0 saturated carbocycles. The molecule has 0 aromatic heterocycles. The average molecular weight is 433 g/mol. The number of hydrogen-bond acceptors (Lipinski definition) is 4. The van der Waals surface area contributed by atoms with Crippen LogP contribution in [0.25, 0.3) is 0 Å². The molecule has 2 N–H and O–H groups in total. The van der Waals surface area contributed by atoms with Crippen LogP contribution in [0.5, 0.6) is 11.5 Å². The van der Waals surface area contributed by atoms with Crippen LogP contribution in [-0.4, -0.2) is 62.7 Å². The number of guanidine groups is 1. The molecule has 0 aliphatic carbocycles. The van der Waals surface area contributed by atoms with E-state index in [-0.39, 0.29) is 5.92 Å². The SMILES string of the molecule is CCNC(=NCCCOc1cccc(OC)c1)NC1CCN(C(=O)C(CC)CC)CC1. The van der Waals surface area contributed by atoms with Gasteiger partial charge < -0.3 is 25.0 Å². The number of piperidine rings is 1. The van der Waals surface area contributed by atoms with E-state index < -0.39 is 0 Å². The summed E-state index contributed by atoms with van der Waals surface area (Å²) in [5.74, 6) is 2.93. The Morgan fingerprint density at radius 1 is 1.19 bits per heavy atom. The minimum absolute atomic E-state index is 0.169. The summed E-state index contributed by atoms with van der Waals surface area (Å²) in [6.45, 7) is 10.0. The summed E-state index contributed by atoms with van der Waals surface area (Å²) in [5, 5.41) is 6.87. The zero-order valence-corrected chi connectivity index (χ0v) is 19.7. The maximum absolute atomic E-state index is 12.6. The smallest absolute Gasteiger partial charge is 0.225 e. The van der Waals surface area contributed by atoms with Crippen LogP contribution in [0.3, 0.4) is 0 Å². The first-order chi connectivity index (χ1) is 15.1. The van der Waals surface area contributed by atoms with Crippen LogP contribution in [0, 0.1) is 5.92 Å². The van der Waals surface area contributed by atoms with Crippen molar-refractivity contribution in [3.63, 3.8) is 0 Å². The van der Waals surface area contributed by atoms with Gasteiger partial charge in [-0.25, -0.2) is 0 Å². The molecule has 1 saturated heterocycles. The Morgan fingerprint density at radius 3 is 2.55 bits per heavy atom. The van der Waals surface area contributed by atoms with E-state index in [9.17, 15) is 4.79 Å². The van der Waals surface area contributed by atoms with Crippen molar-refractivity contribution in [3.8, 4) is 11.5 Å². The largest absolute Gasteiger partial charge is 0.497 e. The van der Waals surface area contributed by atoms with Crippen LogP contribution < -0.4 is 20.1 Å². The third kappa shape index (κ3) is 8.31. The molecule has 1 heterocycles. The molecule has 0 atom stereocenters. The van der Waals surface area contributed by atoms with Gasteiger partial charge in [0.1, 0.15) is 11.5 Å². The van der Waals surface area contributed by atoms with Gasteiger partial charge in [0.15, 0.2) is 5.96 Å². The molecule has 0 radical (unpaired) electrons. The van der Waals surface area contributed by atoms with Crippen molar-refractivity contribution in [1.82, 2.24) is 15.5 Å². The van der Waals surface area contributed by atoms with Crippen LogP contribution >= 0.6 is 0 Å². The third-order valence-electron chi connectivity index (χ3n) is 5.71. The normalized spacial score (nSPS) is 15.1. The summed E-state index contributed by atoms with van der Waals surface area (Å²) in [4.78, 5) is 19.3. The highest BCUT2D eigenvalue weighted by Crippen LogP contribution is 2.19. The van der Waals surface area contributed by atoms with E-state index in [1.54, 1.807) is 7.11 Å². The van der Waals surface area contributed by atoms with E-state index >= 15 is 0 Å². The summed E-state index contributed by atoms with van der Waals surface area (Å²) in [7, 11) is 1.65. The van der Waals surface area contributed by atoms with E-state index in [1.165, 1.54) is 0 Å². The van der Waals surface area contributed by atoms with Gasteiger partial charge in [0.25, 0.3) is 0 Å². The van der Waals surface area contributed by atoms with Crippen molar-refractivity contribution in [2.75, 3.05) is 39.9 Å². The summed E-state index contributed by atoms with van der Waals surface area (Å²) in [6.07, 6.45) is 4.58. The number of ether oxygens (including phenoxy) is 2. The van der Waals surface area contributed by atoms with Crippen LogP contribution in [0.1, 0.15) is 52.9 Å². The van der Waals surface area contributed by atoms with Gasteiger partial charge in [-0.1, -0.05) is 19.9 Å². The number of nitrogens with one attached hydrogen (secondary N) is 2. The quantitative estimate of drug-likeness (QED) is 0.318. The molecule has 2 rings (SSSR count). The van der Waals surface area contributed by atoms with Gasteiger partial charge in [0.2, 0.25) is 5.91 Å². The molecule has 31 heavy (non-hydrogen) atoms. The number of benzene rings is 1. The van der Waals surface area contributed by atoms with Gasteiger partial charge in [-0.3, -0.25) is 9.79 Å². The Hall–Kier alpha value is -2.44. The molecule has 1 amide bonds.